The van der Waals surface area contributed by atoms with Crippen LogP contribution < -0.4 is 20.7 Å². The van der Waals surface area contributed by atoms with Gasteiger partial charge in [-0.15, -0.1) is 0 Å². The van der Waals surface area contributed by atoms with Crippen molar-refractivity contribution in [1.82, 2.24) is 10.6 Å². The Kier molecular flexibility index (Phi) is 6.02. The number of carbonyl (C=O) groups excluding carboxylic acids is 2. The molecule has 0 aromatic heterocycles. The Labute approximate surface area is 125 Å². The van der Waals surface area contributed by atoms with E-state index in [2.05, 4.69) is 20.7 Å². The number of rotatable bonds is 5. The van der Waals surface area contributed by atoms with Gasteiger partial charge in [0.25, 0.3) is 0 Å². The predicted molar refractivity (Wildman–Crippen MR) is 73.7 cm³/mol. The van der Waals surface area contributed by atoms with Gasteiger partial charge in [0.1, 0.15) is 11.8 Å². The third-order valence-electron chi connectivity index (χ3n) is 2.50. The van der Waals surface area contributed by atoms with Crippen molar-refractivity contribution in [3.05, 3.63) is 24.3 Å². The number of urea groups is 1. The van der Waals surface area contributed by atoms with Crippen LogP contribution in [0.25, 0.3) is 0 Å². The molecule has 0 spiro atoms. The van der Waals surface area contributed by atoms with E-state index in [9.17, 15) is 22.8 Å². The van der Waals surface area contributed by atoms with Crippen molar-refractivity contribution in [2.75, 3.05) is 19.0 Å². The molecule has 22 heavy (non-hydrogen) atoms. The van der Waals surface area contributed by atoms with Gasteiger partial charge in [0.15, 0.2) is 6.61 Å². The van der Waals surface area contributed by atoms with Crippen LogP contribution in [0.4, 0.5) is 23.7 Å². The Morgan fingerprint density at radius 1 is 1.23 bits per heavy atom. The van der Waals surface area contributed by atoms with Crippen molar-refractivity contribution in [1.29, 1.82) is 0 Å². The van der Waals surface area contributed by atoms with Gasteiger partial charge in [-0.2, -0.15) is 13.2 Å². The lowest BCUT2D eigenvalue weighted by atomic mass is 10.2. The summed E-state index contributed by atoms with van der Waals surface area (Å²) in [7, 11) is 1.38. The van der Waals surface area contributed by atoms with E-state index in [1.807, 2.05) is 0 Å². The maximum absolute atomic E-state index is 12.0. The molecule has 1 rings (SSSR count). The summed E-state index contributed by atoms with van der Waals surface area (Å²) in [6, 6.07) is 4.29. The van der Waals surface area contributed by atoms with Gasteiger partial charge in [-0.25, -0.2) is 4.79 Å². The lowest BCUT2D eigenvalue weighted by Gasteiger charge is -2.15. The summed E-state index contributed by atoms with van der Waals surface area (Å²) in [5.74, 6) is -0.484. The molecule has 1 aromatic rings. The average molecular weight is 319 g/mol. The zero-order chi connectivity index (χ0) is 16.8. The minimum atomic E-state index is -4.40. The Morgan fingerprint density at radius 2 is 1.82 bits per heavy atom. The standard InChI is InChI=1S/C13H16F3N3O3/c1-8(11(20)19-12(21)17-2)18-9-3-5-10(6-4-9)22-7-13(14,15)16/h3-6,8,18H,7H2,1-2H3,(H2,17,19,20,21). The summed E-state index contributed by atoms with van der Waals surface area (Å²) in [6.07, 6.45) is -4.40. The molecule has 3 N–H and O–H groups in total. The smallest absolute Gasteiger partial charge is 0.422 e. The summed E-state index contributed by atoms with van der Waals surface area (Å²) in [6.45, 7) is 0.164. The summed E-state index contributed by atoms with van der Waals surface area (Å²) in [5.41, 5.74) is 0.499. The molecule has 0 saturated carbocycles. The van der Waals surface area contributed by atoms with Crippen molar-refractivity contribution in [2.24, 2.45) is 0 Å². The van der Waals surface area contributed by atoms with Crippen LogP contribution in [-0.4, -0.2) is 37.8 Å². The molecule has 0 saturated heterocycles. The van der Waals surface area contributed by atoms with Crippen LogP contribution >= 0.6 is 0 Å². The molecule has 0 aliphatic carbocycles. The highest BCUT2D eigenvalue weighted by atomic mass is 19.4. The predicted octanol–water partition coefficient (Wildman–Crippen LogP) is 1.88. The van der Waals surface area contributed by atoms with E-state index in [1.165, 1.54) is 38.2 Å². The third kappa shape index (κ3) is 6.33. The van der Waals surface area contributed by atoms with Crippen LogP contribution in [0.1, 0.15) is 6.92 Å². The van der Waals surface area contributed by atoms with Crippen LogP contribution in [-0.2, 0) is 4.79 Å². The van der Waals surface area contributed by atoms with Gasteiger partial charge >= 0.3 is 12.2 Å². The van der Waals surface area contributed by atoms with E-state index >= 15 is 0 Å². The van der Waals surface area contributed by atoms with Gasteiger partial charge in [-0.05, 0) is 31.2 Å². The molecule has 1 unspecified atom stereocenters. The van der Waals surface area contributed by atoms with Crippen molar-refractivity contribution in [3.63, 3.8) is 0 Å². The van der Waals surface area contributed by atoms with E-state index < -0.39 is 30.8 Å². The Bertz CT molecular complexity index is 518. The number of halogens is 3. The van der Waals surface area contributed by atoms with Crippen LogP contribution in [0.15, 0.2) is 24.3 Å². The van der Waals surface area contributed by atoms with Gasteiger partial charge in [-0.1, -0.05) is 0 Å². The van der Waals surface area contributed by atoms with E-state index in [0.717, 1.165) is 0 Å². The van der Waals surface area contributed by atoms with Crippen molar-refractivity contribution in [2.45, 2.75) is 19.1 Å². The Balaban J connectivity index is 2.53. The SMILES string of the molecule is CNC(=O)NC(=O)C(C)Nc1ccc(OCC(F)(F)F)cc1. The fourth-order valence-corrected chi connectivity index (χ4v) is 1.41. The van der Waals surface area contributed by atoms with Gasteiger partial charge in [0, 0.05) is 12.7 Å². The summed E-state index contributed by atoms with van der Waals surface area (Å²) >= 11 is 0. The van der Waals surface area contributed by atoms with Gasteiger partial charge in [0.05, 0.1) is 0 Å². The number of benzene rings is 1. The second-order valence-electron chi connectivity index (χ2n) is 4.36. The molecule has 0 fully saturated rings. The van der Waals surface area contributed by atoms with Crippen LogP contribution in [0.5, 0.6) is 5.75 Å². The second kappa shape index (κ2) is 7.53. The van der Waals surface area contributed by atoms with Gasteiger partial charge in [0.2, 0.25) is 5.91 Å². The molecule has 9 heteroatoms. The van der Waals surface area contributed by atoms with Crippen LogP contribution in [0.2, 0.25) is 0 Å². The van der Waals surface area contributed by atoms with E-state index in [-0.39, 0.29) is 5.75 Å². The number of hydrogen-bond donors (Lipinski definition) is 3. The third-order valence-corrected chi connectivity index (χ3v) is 2.50. The first-order valence-electron chi connectivity index (χ1n) is 6.30. The maximum Gasteiger partial charge on any atom is 0.422 e. The molecule has 1 aromatic carbocycles. The van der Waals surface area contributed by atoms with Crippen molar-refractivity contribution >= 4 is 17.6 Å². The number of ether oxygens (including phenoxy) is 1. The topological polar surface area (TPSA) is 79.5 Å². The zero-order valence-corrected chi connectivity index (χ0v) is 12.0. The molecule has 0 aliphatic rings. The fraction of sp³-hybridized carbons (Fsp3) is 0.385. The van der Waals surface area contributed by atoms with Crippen molar-refractivity contribution in [3.8, 4) is 5.75 Å². The minimum absolute atomic E-state index is 0.0605. The first-order valence-corrected chi connectivity index (χ1v) is 6.30. The van der Waals surface area contributed by atoms with E-state index in [0.29, 0.717) is 5.69 Å². The van der Waals surface area contributed by atoms with Gasteiger partial charge in [-0.3, -0.25) is 10.1 Å². The molecule has 0 heterocycles. The molecule has 122 valence electrons. The minimum Gasteiger partial charge on any atom is -0.484 e. The van der Waals surface area contributed by atoms with Crippen LogP contribution in [0, 0.1) is 0 Å². The normalized spacial score (nSPS) is 12.2. The molecular weight excluding hydrogens is 303 g/mol. The quantitative estimate of drug-likeness (QED) is 0.774. The lowest BCUT2D eigenvalue weighted by Crippen LogP contribution is -2.44. The molecule has 0 bridgehead atoms. The Hall–Kier alpha value is -2.45. The molecule has 0 aliphatic heterocycles. The van der Waals surface area contributed by atoms with Crippen molar-refractivity contribution < 1.29 is 27.5 Å². The zero-order valence-electron chi connectivity index (χ0n) is 12.0. The summed E-state index contributed by atoms with van der Waals surface area (Å²) in [5, 5.41) is 7.14. The number of carbonyl (C=O) groups is 2. The first kappa shape index (κ1) is 17.6. The largest absolute Gasteiger partial charge is 0.484 e. The molecule has 6 nitrogen and oxygen atoms in total. The average Bonchev–Trinajstić information content (AvgIpc) is 2.45. The molecule has 3 amide bonds. The number of alkyl halides is 3. The number of amides is 3. The van der Waals surface area contributed by atoms with E-state index in [4.69, 9.17) is 0 Å². The highest BCUT2D eigenvalue weighted by Gasteiger charge is 2.28. The maximum atomic E-state index is 12.0. The Morgan fingerprint density at radius 3 is 2.32 bits per heavy atom. The molecular formula is C13H16F3N3O3. The highest BCUT2D eigenvalue weighted by Crippen LogP contribution is 2.20. The van der Waals surface area contributed by atoms with E-state index in [1.54, 1.807) is 0 Å². The summed E-state index contributed by atoms with van der Waals surface area (Å²) < 4.78 is 40.6. The number of hydrogen-bond acceptors (Lipinski definition) is 4. The first-order chi connectivity index (χ1) is 10.2. The fourth-order valence-electron chi connectivity index (χ4n) is 1.41. The molecule has 0 radical (unpaired) electrons. The summed E-state index contributed by atoms with van der Waals surface area (Å²) in [4.78, 5) is 22.6. The second-order valence-corrected chi connectivity index (χ2v) is 4.36. The number of anilines is 1. The highest BCUT2D eigenvalue weighted by molar-refractivity contribution is 5.97. The molecule has 1 atom stereocenters. The number of nitrogens with one attached hydrogen (secondary N) is 3. The number of imide groups is 1. The lowest BCUT2D eigenvalue weighted by molar-refractivity contribution is -0.153. The van der Waals surface area contributed by atoms with Crippen LogP contribution in [0.3, 0.4) is 0 Å². The van der Waals surface area contributed by atoms with Gasteiger partial charge < -0.3 is 15.4 Å². The monoisotopic (exact) mass is 319 g/mol.